The Hall–Kier alpha value is -4.57. The molecule has 4 rings (SSSR count). The largest absolute Gasteiger partial charge is 0.433 e. The van der Waals surface area contributed by atoms with Crippen LogP contribution in [-0.4, -0.2) is 29.5 Å². The Morgan fingerprint density at radius 1 is 0.737 bits per heavy atom. The molecule has 0 bridgehead atoms. The van der Waals surface area contributed by atoms with Crippen molar-refractivity contribution in [3.8, 4) is 17.5 Å². The molecule has 4 heterocycles. The summed E-state index contributed by atoms with van der Waals surface area (Å²) in [6.07, 6.45) is -13.5. The number of anilines is 2. The molecule has 0 amide bonds. The van der Waals surface area contributed by atoms with Gasteiger partial charge in [0, 0.05) is 24.1 Å². The van der Waals surface area contributed by atoms with E-state index in [9.17, 15) is 44.3 Å². The zero-order chi connectivity index (χ0) is 27.9. The molecular weight excluding hydrogens is 537 g/mol. The molecule has 38 heavy (non-hydrogen) atoms. The Morgan fingerprint density at radius 2 is 1.45 bits per heavy atom. The van der Waals surface area contributed by atoms with Gasteiger partial charge in [-0.3, -0.25) is 14.3 Å². The summed E-state index contributed by atoms with van der Waals surface area (Å²) in [7, 11) is 0. The summed E-state index contributed by atoms with van der Waals surface area (Å²) < 4.78 is 119. The Labute approximate surface area is 204 Å². The summed E-state index contributed by atoms with van der Waals surface area (Å²) in [4.78, 5) is 30.3. The lowest BCUT2D eigenvalue weighted by Gasteiger charge is -2.13. The standard InChI is InChI=1S/C21H10F9N7O/c22-19(23,24)10-4-5-15(38)37(9-10)18-35-16(12-2-1-3-13(33-12)20(25,26)27)34-17(36-18)32-11-6-7-31-14(8-11)21(28,29)30/h1-9H,(H,31,32,34,35,36). The van der Waals surface area contributed by atoms with Gasteiger partial charge in [-0.05, 0) is 30.3 Å². The van der Waals surface area contributed by atoms with Gasteiger partial charge in [0.15, 0.2) is 5.82 Å². The Balaban J connectivity index is 1.89. The van der Waals surface area contributed by atoms with E-state index in [2.05, 4.69) is 30.2 Å². The topological polar surface area (TPSA) is 98.5 Å². The van der Waals surface area contributed by atoms with Crippen molar-refractivity contribution < 1.29 is 39.5 Å². The van der Waals surface area contributed by atoms with Crippen molar-refractivity contribution in [2.75, 3.05) is 5.32 Å². The molecule has 0 aliphatic heterocycles. The normalized spacial score (nSPS) is 12.4. The van der Waals surface area contributed by atoms with Crippen LogP contribution in [0.1, 0.15) is 17.0 Å². The van der Waals surface area contributed by atoms with Crippen LogP contribution in [0.2, 0.25) is 0 Å². The molecule has 1 N–H and O–H groups in total. The van der Waals surface area contributed by atoms with Gasteiger partial charge in [0.25, 0.3) is 5.56 Å². The summed E-state index contributed by atoms with van der Waals surface area (Å²) in [6, 6.07) is 5.31. The summed E-state index contributed by atoms with van der Waals surface area (Å²) in [6.45, 7) is 0. The number of pyridine rings is 3. The van der Waals surface area contributed by atoms with E-state index in [1.807, 2.05) is 0 Å². The lowest BCUT2D eigenvalue weighted by molar-refractivity contribution is -0.141. The van der Waals surface area contributed by atoms with Crippen LogP contribution in [0.25, 0.3) is 17.5 Å². The Bertz CT molecular complexity index is 1550. The average Bonchev–Trinajstić information content (AvgIpc) is 2.82. The van der Waals surface area contributed by atoms with E-state index in [0.717, 1.165) is 24.4 Å². The summed E-state index contributed by atoms with van der Waals surface area (Å²) in [5.74, 6) is -2.02. The molecule has 4 aromatic heterocycles. The first kappa shape index (κ1) is 26.5. The molecule has 0 aliphatic carbocycles. The van der Waals surface area contributed by atoms with Crippen molar-refractivity contribution in [2.24, 2.45) is 0 Å². The third-order valence-corrected chi connectivity index (χ3v) is 4.65. The van der Waals surface area contributed by atoms with Crippen molar-refractivity contribution in [3.63, 3.8) is 0 Å². The molecule has 198 valence electrons. The van der Waals surface area contributed by atoms with Crippen LogP contribution in [0.3, 0.4) is 0 Å². The molecule has 0 fully saturated rings. The van der Waals surface area contributed by atoms with Gasteiger partial charge in [-0.2, -0.15) is 54.5 Å². The molecule has 4 aromatic rings. The fourth-order valence-corrected chi connectivity index (χ4v) is 2.96. The van der Waals surface area contributed by atoms with Crippen LogP contribution in [0.4, 0.5) is 51.1 Å². The van der Waals surface area contributed by atoms with Gasteiger partial charge in [-0.1, -0.05) is 6.07 Å². The Kier molecular flexibility index (Phi) is 6.54. The predicted molar refractivity (Wildman–Crippen MR) is 111 cm³/mol. The van der Waals surface area contributed by atoms with Gasteiger partial charge < -0.3 is 5.32 Å². The number of hydrogen-bond acceptors (Lipinski definition) is 7. The lowest BCUT2D eigenvalue weighted by atomic mass is 10.2. The first-order valence-electron chi connectivity index (χ1n) is 10.0. The number of alkyl halides is 9. The van der Waals surface area contributed by atoms with E-state index in [1.165, 1.54) is 0 Å². The fraction of sp³-hybridized carbons (Fsp3) is 0.143. The molecule has 8 nitrogen and oxygen atoms in total. The molecule has 0 saturated carbocycles. The van der Waals surface area contributed by atoms with E-state index in [1.54, 1.807) is 0 Å². The van der Waals surface area contributed by atoms with Crippen molar-refractivity contribution in [1.82, 2.24) is 29.5 Å². The number of nitrogens with one attached hydrogen (secondary N) is 1. The minimum atomic E-state index is -4.89. The van der Waals surface area contributed by atoms with Gasteiger partial charge >= 0.3 is 18.5 Å². The highest BCUT2D eigenvalue weighted by Crippen LogP contribution is 2.31. The average molecular weight is 547 g/mol. The molecule has 0 aliphatic rings. The lowest BCUT2D eigenvalue weighted by Crippen LogP contribution is -2.22. The molecular formula is C21H10F9N7O. The SMILES string of the molecule is O=c1ccc(C(F)(F)F)cn1-c1nc(Nc2ccnc(C(F)(F)F)c2)nc(-c2cccc(C(F)(F)F)n2)n1. The second-order valence-corrected chi connectivity index (χ2v) is 7.36. The number of nitrogens with zero attached hydrogens (tertiary/aromatic N) is 6. The van der Waals surface area contributed by atoms with Gasteiger partial charge in [0.1, 0.15) is 17.1 Å². The van der Waals surface area contributed by atoms with Crippen LogP contribution >= 0.6 is 0 Å². The first-order valence-corrected chi connectivity index (χ1v) is 10.0. The van der Waals surface area contributed by atoms with E-state index >= 15 is 0 Å². The number of rotatable bonds is 4. The van der Waals surface area contributed by atoms with Crippen molar-refractivity contribution in [1.29, 1.82) is 0 Å². The maximum Gasteiger partial charge on any atom is 0.433 e. The van der Waals surface area contributed by atoms with Crippen LogP contribution in [0, 0.1) is 0 Å². The van der Waals surface area contributed by atoms with Gasteiger partial charge in [-0.15, -0.1) is 0 Å². The third kappa shape index (κ3) is 5.87. The van der Waals surface area contributed by atoms with E-state index in [0.29, 0.717) is 35.0 Å². The molecule has 17 heteroatoms. The molecule has 0 atom stereocenters. The smallest absolute Gasteiger partial charge is 0.324 e. The Morgan fingerprint density at radius 3 is 2.11 bits per heavy atom. The summed E-state index contributed by atoms with van der Waals surface area (Å²) >= 11 is 0. The zero-order valence-corrected chi connectivity index (χ0v) is 18.2. The highest BCUT2D eigenvalue weighted by molar-refractivity contribution is 5.58. The number of aromatic nitrogens is 6. The molecule has 0 spiro atoms. The van der Waals surface area contributed by atoms with Crippen LogP contribution in [0.5, 0.6) is 0 Å². The molecule has 0 saturated heterocycles. The predicted octanol–water partition coefficient (Wildman–Crippen LogP) is 5.28. The van der Waals surface area contributed by atoms with Crippen LogP contribution in [-0.2, 0) is 18.5 Å². The molecule has 0 aromatic carbocycles. The number of halogens is 9. The van der Waals surface area contributed by atoms with Crippen LogP contribution < -0.4 is 10.9 Å². The fourth-order valence-electron chi connectivity index (χ4n) is 2.96. The zero-order valence-electron chi connectivity index (χ0n) is 18.2. The minimum Gasteiger partial charge on any atom is -0.324 e. The highest BCUT2D eigenvalue weighted by atomic mass is 19.4. The van der Waals surface area contributed by atoms with Crippen LogP contribution in [0.15, 0.2) is 59.7 Å². The quantitative estimate of drug-likeness (QED) is 0.347. The second-order valence-electron chi connectivity index (χ2n) is 7.36. The molecule has 0 unspecified atom stereocenters. The van der Waals surface area contributed by atoms with Gasteiger partial charge in [0.2, 0.25) is 11.9 Å². The first-order chi connectivity index (χ1) is 17.6. The highest BCUT2D eigenvalue weighted by Gasteiger charge is 2.34. The summed E-state index contributed by atoms with van der Waals surface area (Å²) in [5.41, 5.74) is -5.81. The van der Waals surface area contributed by atoms with Crippen molar-refractivity contribution >= 4 is 11.6 Å². The van der Waals surface area contributed by atoms with E-state index in [-0.39, 0.29) is 5.69 Å². The van der Waals surface area contributed by atoms with E-state index in [4.69, 9.17) is 0 Å². The molecule has 0 radical (unpaired) electrons. The number of hydrogen-bond donors (Lipinski definition) is 1. The summed E-state index contributed by atoms with van der Waals surface area (Å²) in [5, 5.41) is 2.36. The van der Waals surface area contributed by atoms with Crippen molar-refractivity contribution in [2.45, 2.75) is 18.5 Å². The monoisotopic (exact) mass is 547 g/mol. The van der Waals surface area contributed by atoms with Gasteiger partial charge in [0.05, 0.1) is 5.56 Å². The van der Waals surface area contributed by atoms with Crippen molar-refractivity contribution in [3.05, 3.63) is 82.2 Å². The van der Waals surface area contributed by atoms with E-state index < -0.39 is 64.5 Å². The third-order valence-electron chi connectivity index (χ3n) is 4.65. The second kappa shape index (κ2) is 9.38. The maximum atomic E-state index is 13.2. The minimum absolute atomic E-state index is 0.288. The maximum absolute atomic E-state index is 13.2. The van der Waals surface area contributed by atoms with Gasteiger partial charge in [-0.25, -0.2) is 4.98 Å².